The van der Waals surface area contributed by atoms with Crippen molar-refractivity contribution in [3.8, 4) is 11.3 Å². The molecular weight excluding hydrogens is 270 g/mol. The van der Waals surface area contributed by atoms with E-state index in [-0.39, 0.29) is 5.69 Å². The summed E-state index contributed by atoms with van der Waals surface area (Å²) in [6.07, 6.45) is 0. The SMILES string of the molecule is Fc1cc(F)c(-c2ccc3ccccc3n2)c(F)c1F. The highest BCUT2D eigenvalue weighted by atomic mass is 19.2. The first-order valence-electron chi connectivity index (χ1n) is 5.77. The average molecular weight is 277 g/mol. The summed E-state index contributed by atoms with van der Waals surface area (Å²) >= 11 is 0. The molecular formula is C15H7F4N. The molecule has 0 bridgehead atoms. The lowest BCUT2D eigenvalue weighted by Gasteiger charge is -2.07. The van der Waals surface area contributed by atoms with Crippen molar-refractivity contribution >= 4 is 10.9 Å². The number of hydrogen-bond donors (Lipinski definition) is 0. The molecule has 2 aromatic carbocycles. The molecule has 100 valence electrons. The zero-order chi connectivity index (χ0) is 14.3. The van der Waals surface area contributed by atoms with Gasteiger partial charge in [0.15, 0.2) is 17.5 Å². The monoisotopic (exact) mass is 277 g/mol. The van der Waals surface area contributed by atoms with E-state index in [4.69, 9.17) is 0 Å². The van der Waals surface area contributed by atoms with Crippen LogP contribution in [0.25, 0.3) is 22.2 Å². The largest absolute Gasteiger partial charge is 0.248 e. The third-order valence-electron chi connectivity index (χ3n) is 2.97. The highest BCUT2D eigenvalue weighted by Crippen LogP contribution is 2.29. The van der Waals surface area contributed by atoms with Gasteiger partial charge in [0.05, 0.1) is 16.8 Å². The number of halogens is 4. The first-order valence-corrected chi connectivity index (χ1v) is 5.77. The molecule has 0 saturated carbocycles. The van der Waals surface area contributed by atoms with E-state index in [0.29, 0.717) is 11.6 Å². The van der Waals surface area contributed by atoms with E-state index < -0.39 is 28.8 Å². The summed E-state index contributed by atoms with van der Waals surface area (Å²) in [4.78, 5) is 4.07. The third-order valence-corrected chi connectivity index (χ3v) is 2.97. The second kappa shape index (κ2) is 4.59. The van der Waals surface area contributed by atoms with Crippen LogP contribution in [0.5, 0.6) is 0 Å². The molecule has 20 heavy (non-hydrogen) atoms. The fourth-order valence-corrected chi connectivity index (χ4v) is 2.01. The lowest BCUT2D eigenvalue weighted by atomic mass is 10.1. The van der Waals surface area contributed by atoms with E-state index in [1.807, 2.05) is 0 Å². The molecule has 0 saturated heterocycles. The Kier molecular flexibility index (Phi) is 2.89. The van der Waals surface area contributed by atoms with E-state index >= 15 is 0 Å². The van der Waals surface area contributed by atoms with Crippen LogP contribution in [-0.2, 0) is 0 Å². The van der Waals surface area contributed by atoms with Gasteiger partial charge < -0.3 is 0 Å². The van der Waals surface area contributed by atoms with Crippen LogP contribution in [0, 0.1) is 23.3 Å². The number of para-hydroxylation sites is 1. The van der Waals surface area contributed by atoms with Crippen LogP contribution >= 0.6 is 0 Å². The van der Waals surface area contributed by atoms with Crippen molar-refractivity contribution in [2.24, 2.45) is 0 Å². The molecule has 0 amide bonds. The Bertz CT molecular complexity index is 814. The van der Waals surface area contributed by atoms with E-state index in [1.54, 1.807) is 30.3 Å². The molecule has 0 fully saturated rings. The fourth-order valence-electron chi connectivity index (χ4n) is 2.01. The highest BCUT2D eigenvalue weighted by molar-refractivity contribution is 5.81. The molecule has 3 rings (SSSR count). The van der Waals surface area contributed by atoms with E-state index in [0.717, 1.165) is 5.39 Å². The Balaban J connectivity index is 2.28. The minimum Gasteiger partial charge on any atom is -0.248 e. The fraction of sp³-hybridized carbons (Fsp3) is 0. The minimum absolute atomic E-state index is 0.0856. The Hall–Kier alpha value is -2.43. The zero-order valence-corrected chi connectivity index (χ0v) is 10.0. The summed E-state index contributed by atoms with van der Waals surface area (Å²) < 4.78 is 53.5. The third kappa shape index (κ3) is 1.91. The standard InChI is InChI=1S/C15H7F4N/c16-9-7-10(17)14(18)15(19)13(9)12-6-5-8-3-1-2-4-11(8)20-12/h1-7H. The van der Waals surface area contributed by atoms with Crippen LogP contribution in [0.3, 0.4) is 0 Å². The maximum Gasteiger partial charge on any atom is 0.195 e. The molecule has 0 spiro atoms. The van der Waals surface area contributed by atoms with Gasteiger partial charge in [-0.2, -0.15) is 0 Å². The second-order valence-corrected chi connectivity index (χ2v) is 4.23. The summed E-state index contributed by atoms with van der Waals surface area (Å²) in [7, 11) is 0. The molecule has 1 aromatic heterocycles. The normalized spacial score (nSPS) is 11.0. The van der Waals surface area contributed by atoms with Crippen molar-refractivity contribution in [3.05, 3.63) is 65.7 Å². The maximum absolute atomic E-state index is 13.7. The molecule has 0 atom stereocenters. The van der Waals surface area contributed by atoms with Crippen LogP contribution in [0.1, 0.15) is 0 Å². The van der Waals surface area contributed by atoms with Crippen LogP contribution in [0.4, 0.5) is 17.6 Å². The van der Waals surface area contributed by atoms with Gasteiger partial charge in [0, 0.05) is 11.5 Å². The predicted molar refractivity (Wildman–Crippen MR) is 67.0 cm³/mol. The van der Waals surface area contributed by atoms with Gasteiger partial charge in [-0.05, 0) is 12.1 Å². The molecule has 0 N–H and O–H groups in total. The topological polar surface area (TPSA) is 12.9 Å². The summed E-state index contributed by atoms with van der Waals surface area (Å²) in [6.45, 7) is 0. The number of fused-ring (bicyclic) bond motifs is 1. The maximum atomic E-state index is 13.7. The summed E-state index contributed by atoms with van der Waals surface area (Å²) in [6, 6.07) is 10.2. The van der Waals surface area contributed by atoms with Gasteiger partial charge in [-0.15, -0.1) is 0 Å². The smallest absolute Gasteiger partial charge is 0.195 e. The second-order valence-electron chi connectivity index (χ2n) is 4.23. The zero-order valence-electron chi connectivity index (χ0n) is 10.0. The molecule has 0 unspecified atom stereocenters. The van der Waals surface area contributed by atoms with Crippen LogP contribution in [-0.4, -0.2) is 4.98 Å². The molecule has 0 aliphatic carbocycles. The lowest BCUT2D eigenvalue weighted by molar-refractivity contribution is 0.437. The van der Waals surface area contributed by atoms with Crippen LogP contribution < -0.4 is 0 Å². The van der Waals surface area contributed by atoms with Gasteiger partial charge in [0.25, 0.3) is 0 Å². The van der Waals surface area contributed by atoms with E-state index in [9.17, 15) is 17.6 Å². The van der Waals surface area contributed by atoms with Gasteiger partial charge in [0.2, 0.25) is 0 Å². The number of benzene rings is 2. The first kappa shape index (κ1) is 12.6. The van der Waals surface area contributed by atoms with Gasteiger partial charge in [-0.25, -0.2) is 22.5 Å². The van der Waals surface area contributed by atoms with Crippen molar-refractivity contribution in [2.75, 3.05) is 0 Å². The molecule has 3 aromatic rings. The van der Waals surface area contributed by atoms with Crippen molar-refractivity contribution in [3.63, 3.8) is 0 Å². The minimum atomic E-state index is -1.71. The summed E-state index contributed by atoms with van der Waals surface area (Å²) in [5.41, 5.74) is -0.249. The van der Waals surface area contributed by atoms with Gasteiger partial charge in [0.1, 0.15) is 5.82 Å². The quantitative estimate of drug-likeness (QED) is 0.363. The van der Waals surface area contributed by atoms with Crippen molar-refractivity contribution < 1.29 is 17.6 Å². The predicted octanol–water partition coefficient (Wildman–Crippen LogP) is 4.46. The molecule has 1 heterocycles. The number of rotatable bonds is 1. The van der Waals surface area contributed by atoms with E-state index in [1.165, 1.54) is 6.07 Å². The Morgan fingerprint density at radius 1 is 0.750 bits per heavy atom. The van der Waals surface area contributed by atoms with Gasteiger partial charge >= 0.3 is 0 Å². The molecule has 0 aliphatic rings. The van der Waals surface area contributed by atoms with Gasteiger partial charge in [-0.1, -0.05) is 24.3 Å². The Labute approximate surface area is 111 Å². The number of pyridine rings is 1. The van der Waals surface area contributed by atoms with Crippen LogP contribution in [0.15, 0.2) is 42.5 Å². The number of hydrogen-bond acceptors (Lipinski definition) is 1. The lowest BCUT2D eigenvalue weighted by Crippen LogP contribution is -1.99. The highest BCUT2D eigenvalue weighted by Gasteiger charge is 2.21. The summed E-state index contributed by atoms with van der Waals surface area (Å²) in [5, 5.41) is 0.777. The van der Waals surface area contributed by atoms with Crippen molar-refractivity contribution in [2.45, 2.75) is 0 Å². The molecule has 0 radical (unpaired) electrons. The van der Waals surface area contributed by atoms with Crippen molar-refractivity contribution in [1.82, 2.24) is 4.98 Å². The number of aromatic nitrogens is 1. The number of nitrogens with zero attached hydrogens (tertiary/aromatic N) is 1. The first-order chi connectivity index (χ1) is 9.58. The molecule has 1 nitrogen and oxygen atoms in total. The molecule has 0 aliphatic heterocycles. The van der Waals surface area contributed by atoms with Crippen molar-refractivity contribution in [1.29, 1.82) is 0 Å². The summed E-state index contributed by atoms with van der Waals surface area (Å²) in [5.74, 6) is -6.05. The molecule has 5 heteroatoms. The van der Waals surface area contributed by atoms with Crippen LogP contribution in [0.2, 0.25) is 0 Å². The Morgan fingerprint density at radius 2 is 1.50 bits per heavy atom. The van der Waals surface area contributed by atoms with E-state index in [2.05, 4.69) is 4.98 Å². The van der Waals surface area contributed by atoms with Gasteiger partial charge in [-0.3, -0.25) is 0 Å². The Morgan fingerprint density at radius 3 is 2.30 bits per heavy atom. The average Bonchev–Trinajstić information content (AvgIpc) is 2.45.